The van der Waals surface area contributed by atoms with E-state index in [0.717, 1.165) is 0 Å². The maximum Gasteiger partial charge on any atom is 0.422 e. The molecule has 126 valence electrons. The molecule has 1 aromatic carbocycles. The summed E-state index contributed by atoms with van der Waals surface area (Å²) in [5, 5.41) is 2.53. The summed E-state index contributed by atoms with van der Waals surface area (Å²) in [6.07, 6.45) is -4.42. The van der Waals surface area contributed by atoms with Crippen LogP contribution < -0.4 is 15.8 Å². The molecule has 0 spiro atoms. The fraction of sp³-hybridized carbons (Fsp3) is 0.462. The summed E-state index contributed by atoms with van der Waals surface area (Å²) in [4.78, 5) is 11.7. The Morgan fingerprint density at radius 2 is 2.05 bits per heavy atom. The Hall–Kier alpha value is -1.51. The molecule has 3 N–H and O–H groups in total. The first-order valence-corrected chi connectivity index (χ1v) is 6.09. The molecule has 0 aromatic heterocycles. The molecule has 0 radical (unpaired) electrons. The molecule has 0 saturated heterocycles. The second-order valence-corrected chi connectivity index (χ2v) is 4.38. The average Bonchev–Trinajstić information content (AvgIpc) is 2.39. The highest BCUT2D eigenvalue weighted by Gasteiger charge is 2.28. The van der Waals surface area contributed by atoms with Crippen LogP contribution in [0.4, 0.5) is 18.9 Å². The Morgan fingerprint density at radius 1 is 1.41 bits per heavy atom. The largest absolute Gasteiger partial charge is 0.484 e. The zero-order chi connectivity index (χ0) is 16.0. The van der Waals surface area contributed by atoms with Crippen LogP contribution in [0.3, 0.4) is 0 Å². The zero-order valence-electron chi connectivity index (χ0n) is 12.1. The molecule has 22 heavy (non-hydrogen) atoms. The minimum atomic E-state index is -4.42. The molecular weight excluding hydrogens is 325 g/mol. The summed E-state index contributed by atoms with van der Waals surface area (Å²) < 4.78 is 45.9. The quantitative estimate of drug-likeness (QED) is 0.831. The summed E-state index contributed by atoms with van der Waals surface area (Å²) in [5.74, 6) is -0.446. The van der Waals surface area contributed by atoms with E-state index in [4.69, 9.17) is 15.2 Å². The molecule has 1 aromatic rings. The molecule has 1 atom stereocenters. The topological polar surface area (TPSA) is 73.6 Å². The Labute approximate surface area is 132 Å². The third-order valence-electron chi connectivity index (χ3n) is 2.62. The smallest absolute Gasteiger partial charge is 0.422 e. The van der Waals surface area contributed by atoms with Gasteiger partial charge in [-0.3, -0.25) is 4.79 Å². The first-order chi connectivity index (χ1) is 9.74. The van der Waals surface area contributed by atoms with E-state index >= 15 is 0 Å². The summed E-state index contributed by atoms with van der Waals surface area (Å²) in [6, 6.07) is 3.56. The second kappa shape index (κ2) is 8.82. The number of nitrogens with one attached hydrogen (secondary N) is 1. The van der Waals surface area contributed by atoms with Gasteiger partial charge in [-0.2, -0.15) is 13.2 Å². The molecule has 1 unspecified atom stereocenters. The molecule has 0 saturated carbocycles. The van der Waals surface area contributed by atoms with Crippen molar-refractivity contribution in [3.05, 3.63) is 23.8 Å². The van der Waals surface area contributed by atoms with Crippen molar-refractivity contribution in [1.82, 2.24) is 0 Å². The Kier molecular flexibility index (Phi) is 8.21. The van der Waals surface area contributed by atoms with E-state index in [0.29, 0.717) is 11.3 Å². The first-order valence-electron chi connectivity index (χ1n) is 6.09. The fourth-order valence-corrected chi connectivity index (χ4v) is 1.55. The number of carbonyl (C=O) groups is 1. The standard InChI is InChI=1S/C13H17F3N2O3.ClH/c1-8-10(18-12(19)9(17)6-20-2)4-3-5-11(8)21-7-13(14,15)16;/h3-5,9H,6-7,17H2,1-2H3,(H,18,19);1H. The van der Waals surface area contributed by atoms with Crippen LogP contribution in [0.1, 0.15) is 5.56 Å². The molecule has 9 heteroatoms. The van der Waals surface area contributed by atoms with Gasteiger partial charge in [0, 0.05) is 18.4 Å². The van der Waals surface area contributed by atoms with Gasteiger partial charge >= 0.3 is 6.18 Å². The lowest BCUT2D eigenvalue weighted by atomic mass is 10.1. The predicted molar refractivity (Wildman–Crippen MR) is 78.5 cm³/mol. The number of amides is 1. The maximum atomic E-state index is 12.1. The van der Waals surface area contributed by atoms with Crippen LogP contribution in [0.15, 0.2) is 18.2 Å². The van der Waals surface area contributed by atoms with Crippen LogP contribution >= 0.6 is 12.4 Å². The number of anilines is 1. The van der Waals surface area contributed by atoms with Gasteiger partial charge in [0.1, 0.15) is 11.8 Å². The van der Waals surface area contributed by atoms with E-state index in [1.54, 1.807) is 13.0 Å². The summed E-state index contributed by atoms with van der Waals surface area (Å²) >= 11 is 0. The van der Waals surface area contributed by atoms with Gasteiger partial charge < -0.3 is 20.5 Å². The van der Waals surface area contributed by atoms with Crippen molar-refractivity contribution < 1.29 is 27.4 Å². The Morgan fingerprint density at radius 3 is 2.59 bits per heavy atom. The summed E-state index contributed by atoms with van der Waals surface area (Å²) in [5.41, 5.74) is 6.29. The third-order valence-corrected chi connectivity index (χ3v) is 2.62. The summed E-state index contributed by atoms with van der Waals surface area (Å²) in [7, 11) is 1.41. The number of hydrogen-bond acceptors (Lipinski definition) is 4. The predicted octanol–water partition coefficient (Wildman–Crippen LogP) is 2.27. The van der Waals surface area contributed by atoms with Crippen molar-refractivity contribution in [2.75, 3.05) is 25.6 Å². The van der Waals surface area contributed by atoms with E-state index in [9.17, 15) is 18.0 Å². The third kappa shape index (κ3) is 6.50. The van der Waals surface area contributed by atoms with Crippen molar-refractivity contribution in [1.29, 1.82) is 0 Å². The van der Waals surface area contributed by atoms with Crippen LogP contribution in [-0.4, -0.2) is 38.4 Å². The molecule has 1 amide bonds. The number of alkyl halides is 3. The molecule has 1 rings (SSSR count). The van der Waals surface area contributed by atoms with E-state index in [2.05, 4.69) is 5.32 Å². The van der Waals surface area contributed by atoms with E-state index < -0.39 is 24.7 Å². The lowest BCUT2D eigenvalue weighted by Gasteiger charge is -2.16. The van der Waals surface area contributed by atoms with Crippen LogP contribution in [0.5, 0.6) is 5.75 Å². The normalized spacial score (nSPS) is 12.3. The minimum Gasteiger partial charge on any atom is -0.484 e. The van der Waals surface area contributed by atoms with Gasteiger partial charge in [-0.25, -0.2) is 0 Å². The molecule has 0 aliphatic heterocycles. The van der Waals surface area contributed by atoms with Crippen LogP contribution in [0, 0.1) is 6.92 Å². The van der Waals surface area contributed by atoms with Gasteiger partial charge in [0.25, 0.3) is 0 Å². The highest BCUT2D eigenvalue weighted by atomic mass is 35.5. The van der Waals surface area contributed by atoms with Gasteiger partial charge in [0.2, 0.25) is 5.91 Å². The number of benzene rings is 1. The number of hydrogen-bond donors (Lipinski definition) is 2. The Balaban J connectivity index is 0.00000441. The number of rotatable bonds is 6. The monoisotopic (exact) mass is 342 g/mol. The number of ether oxygens (including phenoxy) is 2. The SMILES string of the molecule is COCC(N)C(=O)Nc1cccc(OCC(F)(F)F)c1C.Cl. The number of nitrogens with two attached hydrogens (primary N) is 1. The summed E-state index contributed by atoms with van der Waals surface area (Å²) in [6.45, 7) is 0.187. The van der Waals surface area contributed by atoms with Gasteiger partial charge in [0.15, 0.2) is 6.61 Å². The molecule has 5 nitrogen and oxygen atoms in total. The fourth-order valence-electron chi connectivity index (χ4n) is 1.55. The highest BCUT2D eigenvalue weighted by molar-refractivity contribution is 5.95. The Bertz CT molecular complexity index is 498. The molecule has 0 bridgehead atoms. The van der Waals surface area contributed by atoms with Crippen LogP contribution in [-0.2, 0) is 9.53 Å². The van der Waals surface area contributed by atoms with Gasteiger partial charge in [-0.05, 0) is 19.1 Å². The van der Waals surface area contributed by atoms with Crippen molar-refractivity contribution in [3.8, 4) is 5.75 Å². The van der Waals surface area contributed by atoms with E-state index in [-0.39, 0.29) is 24.8 Å². The van der Waals surface area contributed by atoms with Crippen molar-refractivity contribution in [3.63, 3.8) is 0 Å². The number of carbonyl (C=O) groups excluding carboxylic acids is 1. The average molecular weight is 343 g/mol. The number of methoxy groups -OCH3 is 1. The molecule has 0 heterocycles. The van der Waals surface area contributed by atoms with Gasteiger partial charge in [0.05, 0.1) is 6.61 Å². The van der Waals surface area contributed by atoms with Gasteiger partial charge in [-0.1, -0.05) is 6.07 Å². The second-order valence-electron chi connectivity index (χ2n) is 4.38. The van der Waals surface area contributed by atoms with Crippen molar-refractivity contribution in [2.45, 2.75) is 19.1 Å². The molecule has 0 fully saturated rings. The highest BCUT2D eigenvalue weighted by Crippen LogP contribution is 2.27. The van der Waals surface area contributed by atoms with E-state index in [1.807, 2.05) is 0 Å². The first kappa shape index (κ1) is 20.5. The van der Waals surface area contributed by atoms with E-state index in [1.165, 1.54) is 19.2 Å². The van der Waals surface area contributed by atoms with Gasteiger partial charge in [-0.15, -0.1) is 12.4 Å². The number of halogens is 4. The van der Waals surface area contributed by atoms with Crippen LogP contribution in [0.2, 0.25) is 0 Å². The lowest BCUT2D eigenvalue weighted by Crippen LogP contribution is -2.39. The molecular formula is C13H18ClF3N2O3. The molecule has 0 aliphatic carbocycles. The van der Waals surface area contributed by atoms with Crippen molar-refractivity contribution in [2.24, 2.45) is 5.73 Å². The lowest BCUT2D eigenvalue weighted by molar-refractivity contribution is -0.153. The molecule has 0 aliphatic rings. The maximum absolute atomic E-state index is 12.1. The minimum absolute atomic E-state index is 0. The zero-order valence-corrected chi connectivity index (χ0v) is 12.9. The van der Waals surface area contributed by atoms with Crippen molar-refractivity contribution >= 4 is 24.0 Å². The van der Waals surface area contributed by atoms with Crippen LogP contribution in [0.25, 0.3) is 0 Å².